The number of rotatable bonds is 9. The fourth-order valence-electron chi connectivity index (χ4n) is 2.39. The molecule has 8 heteroatoms. The molecule has 1 aliphatic carbocycles. The second-order valence-corrected chi connectivity index (χ2v) is 5.48. The number of ether oxygens (including phenoxy) is 2. The molecular weight excluding hydrogens is 336 g/mol. The monoisotopic (exact) mass is 358 g/mol. The van der Waals surface area contributed by atoms with Gasteiger partial charge in [0.15, 0.2) is 0 Å². The minimum Gasteiger partial charge on any atom is -0.497 e. The highest BCUT2D eigenvalue weighted by atomic mass is 35.5. The number of amides is 1. The summed E-state index contributed by atoms with van der Waals surface area (Å²) in [5, 5.41) is 11.0. The minimum absolute atomic E-state index is 0. The van der Waals surface area contributed by atoms with E-state index in [-0.39, 0.29) is 31.4 Å². The van der Waals surface area contributed by atoms with Gasteiger partial charge < -0.3 is 19.9 Å². The Morgan fingerprint density at radius 3 is 2.54 bits per heavy atom. The lowest BCUT2D eigenvalue weighted by Gasteiger charge is -2.22. The third-order valence-electron chi connectivity index (χ3n) is 3.71. The zero-order chi connectivity index (χ0) is 16.8. The molecule has 0 saturated heterocycles. The lowest BCUT2D eigenvalue weighted by atomic mass is 10.1. The summed E-state index contributed by atoms with van der Waals surface area (Å²) in [7, 11) is 3.20. The minimum atomic E-state index is -1.05. The number of carbonyl (C=O) groups is 2. The summed E-state index contributed by atoms with van der Waals surface area (Å²) in [6, 6.07) is 5.90. The fourth-order valence-corrected chi connectivity index (χ4v) is 2.39. The first-order valence-corrected chi connectivity index (χ1v) is 7.47. The van der Waals surface area contributed by atoms with Crippen LogP contribution in [0.15, 0.2) is 18.2 Å². The first kappa shape index (κ1) is 20.1. The van der Waals surface area contributed by atoms with Gasteiger partial charge in [0.05, 0.1) is 20.8 Å². The summed E-state index contributed by atoms with van der Waals surface area (Å²) < 4.78 is 10.6. The molecule has 0 radical (unpaired) electrons. The number of carbonyl (C=O) groups excluding carboxylic acids is 1. The predicted octanol–water partition coefficient (Wildman–Crippen LogP) is 1.29. The van der Waals surface area contributed by atoms with Gasteiger partial charge in [0.25, 0.3) is 0 Å². The van der Waals surface area contributed by atoms with Gasteiger partial charge in [-0.2, -0.15) is 0 Å². The molecule has 24 heavy (non-hydrogen) atoms. The topological polar surface area (TPSA) is 88.1 Å². The van der Waals surface area contributed by atoms with Crippen molar-refractivity contribution in [2.45, 2.75) is 25.4 Å². The molecule has 1 aromatic rings. The van der Waals surface area contributed by atoms with Crippen molar-refractivity contribution in [3.05, 3.63) is 23.8 Å². The third kappa shape index (κ3) is 5.90. The summed E-state index contributed by atoms with van der Waals surface area (Å²) >= 11 is 0. The van der Waals surface area contributed by atoms with E-state index in [4.69, 9.17) is 14.6 Å². The van der Waals surface area contributed by atoms with Crippen molar-refractivity contribution in [1.82, 2.24) is 10.2 Å². The average molecular weight is 359 g/mol. The maximum absolute atomic E-state index is 11.9. The number of carboxylic acids is 1. The van der Waals surface area contributed by atoms with Crippen molar-refractivity contribution >= 4 is 24.3 Å². The van der Waals surface area contributed by atoms with Crippen LogP contribution < -0.4 is 14.8 Å². The van der Waals surface area contributed by atoms with Crippen LogP contribution in [0.5, 0.6) is 11.5 Å². The van der Waals surface area contributed by atoms with Crippen molar-refractivity contribution < 1.29 is 24.2 Å². The maximum Gasteiger partial charge on any atom is 0.322 e. The summed E-state index contributed by atoms with van der Waals surface area (Å²) in [5.74, 6) is 0.126. The SMILES string of the molecule is COc1ccc(OC)c(CN(CC(=O)NCC(=O)O)C2CC2)c1.Cl. The van der Waals surface area contributed by atoms with Crippen LogP contribution in [0.25, 0.3) is 0 Å². The summed E-state index contributed by atoms with van der Waals surface area (Å²) in [4.78, 5) is 24.4. The lowest BCUT2D eigenvalue weighted by molar-refractivity contribution is -0.138. The van der Waals surface area contributed by atoms with Gasteiger partial charge in [-0.05, 0) is 31.0 Å². The molecule has 1 aromatic carbocycles. The van der Waals surface area contributed by atoms with E-state index < -0.39 is 5.97 Å². The zero-order valence-corrected chi connectivity index (χ0v) is 14.6. The van der Waals surface area contributed by atoms with Gasteiger partial charge in [0.1, 0.15) is 18.0 Å². The van der Waals surface area contributed by atoms with Crippen LogP contribution in [-0.2, 0) is 16.1 Å². The summed E-state index contributed by atoms with van der Waals surface area (Å²) in [5.41, 5.74) is 0.935. The molecule has 1 amide bonds. The van der Waals surface area contributed by atoms with E-state index in [0.717, 1.165) is 29.9 Å². The largest absolute Gasteiger partial charge is 0.497 e. The number of methoxy groups -OCH3 is 2. The molecule has 2 rings (SSSR count). The van der Waals surface area contributed by atoms with Crippen molar-refractivity contribution in [2.75, 3.05) is 27.3 Å². The predicted molar refractivity (Wildman–Crippen MR) is 90.9 cm³/mol. The molecule has 1 aliphatic rings. The molecule has 0 bridgehead atoms. The Labute approximate surface area is 147 Å². The van der Waals surface area contributed by atoms with Crippen LogP contribution in [0.2, 0.25) is 0 Å². The molecule has 0 spiro atoms. The number of benzene rings is 1. The first-order chi connectivity index (χ1) is 11.0. The van der Waals surface area contributed by atoms with Crippen LogP contribution in [0, 0.1) is 0 Å². The van der Waals surface area contributed by atoms with Gasteiger partial charge >= 0.3 is 5.97 Å². The smallest absolute Gasteiger partial charge is 0.322 e. The van der Waals surface area contributed by atoms with Gasteiger partial charge in [-0.15, -0.1) is 12.4 Å². The van der Waals surface area contributed by atoms with Crippen molar-refractivity contribution in [3.8, 4) is 11.5 Å². The van der Waals surface area contributed by atoms with Gasteiger partial charge in [0, 0.05) is 18.2 Å². The average Bonchev–Trinajstić information content (AvgIpc) is 3.37. The zero-order valence-electron chi connectivity index (χ0n) is 13.8. The molecule has 0 aliphatic heterocycles. The van der Waals surface area contributed by atoms with Crippen molar-refractivity contribution in [2.24, 2.45) is 0 Å². The molecule has 7 nitrogen and oxygen atoms in total. The van der Waals surface area contributed by atoms with Gasteiger partial charge in [-0.3, -0.25) is 14.5 Å². The van der Waals surface area contributed by atoms with E-state index in [1.807, 2.05) is 23.1 Å². The van der Waals surface area contributed by atoms with Gasteiger partial charge in [-0.1, -0.05) is 0 Å². The second kappa shape index (κ2) is 9.34. The first-order valence-electron chi connectivity index (χ1n) is 7.47. The van der Waals surface area contributed by atoms with E-state index in [0.29, 0.717) is 12.6 Å². The number of carboxylic acid groups (broad SMARTS) is 1. The highest BCUT2D eigenvalue weighted by Gasteiger charge is 2.31. The number of nitrogens with one attached hydrogen (secondary N) is 1. The Balaban J connectivity index is 0.00000288. The number of hydrogen-bond acceptors (Lipinski definition) is 5. The highest BCUT2D eigenvalue weighted by Crippen LogP contribution is 2.31. The third-order valence-corrected chi connectivity index (χ3v) is 3.71. The summed E-state index contributed by atoms with van der Waals surface area (Å²) in [6.07, 6.45) is 2.08. The maximum atomic E-state index is 11.9. The Morgan fingerprint density at radius 1 is 1.29 bits per heavy atom. The van der Waals surface area contributed by atoms with Crippen molar-refractivity contribution in [3.63, 3.8) is 0 Å². The van der Waals surface area contributed by atoms with Crippen LogP contribution in [-0.4, -0.2) is 55.2 Å². The molecule has 1 saturated carbocycles. The number of halogens is 1. The number of hydrogen-bond donors (Lipinski definition) is 2. The molecule has 134 valence electrons. The van der Waals surface area contributed by atoms with Gasteiger partial charge in [-0.25, -0.2) is 0 Å². The van der Waals surface area contributed by atoms with E-state index in [1.54, 1.807) is 14.2 Å². The van der Waals surface area contributed by atoms with Gasteiger partial charge in [0.2, 0.25) is 5.91 Å². The molecule has 0 aromatic heterocycles. The van der Waals surface area contributed by atoms with Crippen LogP contribution in [0.1, 0.15) is 18.4 Å². The van der Waals surface area contributed by atoms with Crippen LogP contribution in [0.3, 0.4) is 0 Å². The Hall–Kier alpha value is -1.99. The van der Waals surface area contributed by atoms with E-state index in [1.165, 1.54) is 0 Å². The lowest BCUT2D eigenvalue weighted by Crippen LogP contribution is -2.40. The Morgan fingerprint density at radius 2 is 2.00 bits per heavy atom. The van der Waals surface area contributed by atoms with E-state index in [9.17, 15) is 9.59 Å². The second-order valence-electron chi connectivity index (χ2n) is 5.48. The fraction of sp³-hybridized carbons (Fsp3) is 0.500. The standard InChI is InChI=1S/C16H22N2O5.ClH/c1-22-13-5-6-14(23-2)11(7-13)9-18(12-3-4-12)10-15(19)17-8-16(20)21;/h5-7,12H,3-4,8-10H2,1-2H3,(H,17,19)(H,20,21);1H. The van der Waals surface area contributed by atoms with Crippen molar-refractivity contribution in [1.29, 1.82) is 0 Å². The molecular formula is C16H23ClN2O5. The van der Waals surface area contributed by atoms with E-state index in [2.05, 4.69) is 5.32 Å². The number of nitrogens with zero attached hydrogens (tertiary/aromatic N) is 1. The van der Waals surface area contributed by atoms with Crippen LogP contribution >= 0.6 is 12.4 Å². The van der Waals surface area contributed by atoms with Crippen LogP contribution in [0.4, 0.5) is 0 Å². The molecule has 1 fully saturated rings. The highest BCUT2D eigenvalue weighted by molar-refractivity contribution is 5.85. The quantitative estimate of drug-likeness (QED) is 0.691. The van der Waals surface area contributed by atoms with E-state index >= 15 is 0 Å². The summed E-state index contributed by atoms with van der Waals surface area (Å²) in [6.45, 7) is 0.351. The number of aliphatic carboxylic acids is 1. The Bertz CT molecular complexity index is 578. The molecule has 0 heterocycles. The molecule has 2 N–H and O–H groups in total. The molecule has 0 unspecified atom stereocenters. The Kier molecular flexibility index (Phi) is 7.81. The molecule has 0 atom stereocenters. The normalized spacial score (nSPS) is 13.1.